The molecule has 4 heteroatoms. The van der Waals surface area contributed by atoms with E-state index in [1.54, 1.807) is 0 Å². The van der Waals surface area contributed by atoms with Crippen molar-refractivity contribution in [2.24, 2.45) is 0 Å². The molecule has 2 aromatic carbocycles. The van der Waals surface area contributed by atoms with E-state index in [9.17, 15) is 4.79 Å². The summed E-state index contributed by atoms with van der Waals surface area (Å²) in [5.41, 5.74) is 0. The first-order chi connectivity index (χ1) is 13.6. The van der Waals surface area contributed by atoms with E-state index >= 15 is 0 Å². The van der Waals surface area contributed by atoms with Crippen LogP contribution in [0.15, 0.2) is 84.1 Å². The number of carbonyl (C=O) groups is 1. The van der Waals surface area contributed by atoms with Crippen LogP contribution in [-0.2, 0) is 14.0 Å². The number of unbranched alkanes of at least 4 members (excludes halogenated alkanes) is 2. The molecular formula is C24H28O3Si. The lowest BCUT2D eigenvalue weighted by Gasteiger charge is -2.38. The average molecular weight is 393 g/mol. The molecule has 146 valence electrons. The van der Waals surface area contributed by atoms with Crippen LogP contribution in [-0.4, -0.2) is 27.0 Å². The van der Waals surface area contributed by atoms with E-state index in [2.05, 4.69) is 85.8 Å². The molecule has 0 saturated heterocycles. The molecule has 3 rings (SSSR count). The fraction of sp³-hybridized carbons (Fsp3) is 0.292. The van der Waals surface area contributed by atoms with Gasteiger partial charge in [0.05, 0.1) is 12.7 Å². The maximum Gasteiger partial charge on any atom is 0.302 e. The van der Waals surface area contributed by atoms with Crippen LogP contribution >= 0.6 is 0 Å². The highest BCUT2D eigenvalue weighted by Crippen LogP contribution is 2.26. The Morgan fingerprint density at radius 3 is 2.21 bits per heavy atom. The molecule has 0 N–H and O–H groups in total. The lowest BCUT2D eigenvalue weighted by Crippen LogP contribution is -2.64. The molecule has 2 aromatic rings. The first-order valence-corrected chi connectivity index (χ1v) is 11.8. The van der Waals surface area contributed by atoms with Crippen molar-refractivity contribution in [3.05, 3.63) is 84.1 Å². The smallest absolute Gasteiger partial charge is 0.302 e. The van der Waals surface area contributed by atoms with Gasteiger partial charge in [-0.1, -0.05) is 78.9 Å². The van der Waals surface area contributed by atoms with Crippen molar-refractivity contribution in [3.8, 4) is 0 Å². The summed E-state index contributed by atoms with van der Waals surface area (Å²) in [6, 6.07) is 21.3. The van der Waals surface area contributed by atoms with Crippen molar-refractivity contribution in [1.82, 2.24) is 0 Å². The lowest BCUT2D eigenvalue weighted by atomic mass is 10.2. The molecule has 0 bridgehead atoms. The molecule has 0 aliphatic carbocycles. The van der Waals surface area contributed by atoms with Crippen LogP contribution in [0.25, 0.3) is 0 Å². The number of allylic oxidation sites excluding steroid dienone is 3. The van der Waals surface area contributed by atoms with Crippen molar-refractivity contribution in [3.63, 3.8) is 0 Å². The number of carbonyl (C=O) groups excluding carboxylic acids is 1. The molecule has 1 heterocycles. The molecule has 1 aliphatic heterocycles. The molecule has 1 atom stereocenters. The Balaban J connectivity index is 1.92. The maximum absolute atomic E-state index is 10.9. The van der Waals surface area contributed by atoms with Gasteiger partial charge in [0.2, 0.25) is 0 Å². The van der Waals surface area contributed by atoms with Crippen LogP contribution in [0.3, 0.4) is 0 Å². The Morgan fingerprint density at radius 2 is 1.64 bits per heavy atom. The Morgan fingerprint density at radius 1 is 1.04 bits per heavy atom. The van der Waals surface area contributed by atoms with E-state index < -0.39 is 8.32 Å². The highest BCUT2D eigenvalue weighted by atomic mass is 28.4. The fourth-order valence-corrected chi connectivity index (χ4v) is 7.79. The van der Waals surface area contributed by atoms with Crippen LogP contribution in [0.5, 0.6) is 0 Å². The molecule has 1 aliphatic rings. The molecule has 0 radical (unpaired) electrons. The SMILES string of the molecule is CC(=O)OCCCC/C=C1\C=CC(C)O[Si]1(c1ccccc1)c1ccccc1. The highest BCUT2D eigenvalue weighted by molar-refractivity contribution is 7.03. The number of benzene rings is 2. The van der Waals surface area contributed by atoms with Gasteiger partial charge in [0.15, 0.2) is 0 Å². The van der Waals surface area contributed by atoms with Gasteiger partial charge in [-0.15, -0.1) is 0 Å². The molecule has 0 saturated carbocycles. The minimum absolute atomic E-state index is 0.0770. The second-order valence-corrected chi connectivity index (χ2v) is 10.4. The topological polar surface area (TPSA) is 35.5 Å². The first-order valence-electron chi connectivity index (χ1n) is 9.94. The monoisotopic (exact) mass is 392 g/mol. The summed E-state index contributed by atoms with van der Waals surface area (Å²) in [7, 11) is -2.52. The third kappa shape index (κ3) is 4.69. The van der Waals surface area contributed by atoms with E-state index in [0.717, 1.165) is 19.3 Å². The third-order valence-electron chi connectivity index (χ3n) is 4.94. The second-order valence-electron chi connectivity index (χ2n) is 7.09. The predicted octanol–water partition coefficient (Wildman–Crippen LogP) is 3.92. The Labute approximate surface area is 168 Å². The number of esters is 1. The molecule has 3 nitrogen and oxygen atoms in total. The van der Waals surface area contributed by atoms with E-state index in [1.165, 1.54) is 22.5 Å². The van der Waals surface area contributed by atoms with Crippen molar-refractivity contribution >= 4 is 24.7 Å². The first kappa shape index (κ1) is 20.3. The van der Waals surface area contributed by atoms with Gasteiger partial charge in [-0.2, -0.15) is 0 Å². The Hall–Kier alpha value is -2.43. The Kier molecular flexibility index (Phi) is 7.01. The number of rotatable bonds is 7. The lowest BCUT2D eigenvalue weighted by molar-refractivity contribution is -0.141. The van der Waals surface area contributed by atoms with E-state index in [1.807, 2.05) is 0 Å². The fourth-order valence-electron chi connectivity index (χ4n) is 3.66. The quantitative estimate of drug-likeness (QED) is 0.407. The van der Waals surface area contributed by atoms with Gasteiger partial charge in [0.1, 0.15) is 0 Å². The van der Waals surface area contributed by atoms with Gasteiger partial charge in [-0.25, -0.2) is 0 Å². The summed E-state index contributed by atoms with van der Waals surface area (Å²) < 4.78 is 11.8. The van der Waals surface area contributed by atoms with Crippen molar-refractivity contribution in [2.75, 3.05) is 6.61 Å². The van der Waals surface area contributed by atoms with Crippen molar-refractivity contribution in [1.29, 1.82) is 0 Å². The highest BCUT2D eigenvalue weighted by Gasteiger charge is 2.45. The van der Waals surface area contributed by atoms with E-state index in [0.29, 0.717) is 6.61 Å². The average Bonchev–Trinajstić information content (AvgIpc) is 2.72. The van der Waals surface area contributed by atoms with Gasteiger partial charge in [-0.3, -0.25) is 4.79 Å². The number of hydrogen-bond acceptors (Lipinski definition) is 3. The van der Waals surface area contributed by atoms with Gasteiger partial charge in [0.25, 0.3) is 8.32 Å². The van der Waals surface area contributed by atoms with Crippen LogP contribution in [0.2, 0.25) is 0 Å². The zero-order chi connectivity index (χ0) is 19.8. The van der Waals surface area contributed by atoms with Crippen molar-refractivity contribution < 1.29 is 14.0 Å². The van der Waals surface area contributed by atoms with Crippen molar-refractivity contribution in [2.45, 2.75) is 39.2 Å². The van der Waals surface area contributed by atoms with E-state index in [-0.39, 0.29) is 12.1 Å². The van der Waals surface area contributed by atoms with Gasteiger partial charge < -0.3 is 9.16 Å². The molecular weight excluding hydrogens is 364 g/mol. The zero-order valence-corrected chi connectivity index (χ0v) is 17.6. The molecule has 28 heavy (non-hydrogen) atoms. The molecule has 0 aromatic heterocycles. The maximum atomic E-state index is 10.9. The standard InChI is InChI=1S/C24H28O3Si/c1-20-17-18-24(16-10-5-11-19-26-21(2)25)28(27-20,22-12-6-3-7-13-22)23-14-8-4-9-15-23/h3-4,6-9,12-18,20H,5,10-11,19H2,1-2H3/b24-16+. The summed E-state index contributed by atoms with van der Waals surface area (Å²) in [6.45, 7) is 4.05. The predicted molar refractivity (Wildman–Crippen MR) is 116 cm³/mol. The molecule has 0 spiro atoms. The summed E-state index contributed by atoms with van der Waals surface area (Å²) in [5, 5.41) is 3.82. The van der Waals surface area contributed by atoms with Crippen LogP contribution in [0.4, 0.5) is 0 Å². The zero-order valence-electron chi connectivity index (χ0n) is 16.6. The van der Waals surface area contributed by atoms with E-state index in [4.69, 9.17) is 9.16 Å². The summed E-state index contributed by atoms with van der Waals surface area (Å²) in [4.78, 5) is 10.9. The number of ether oxygens (including phenoxy) is 1. The minimum atomic E-state index is -2.52. The van der Waals surface area contributed by atoms with Gasteiger partial charge in [-0.05, 0) is 41.8 Å². The summed E-state index contributed by atoms with van der Waals surface area (Å²) in [5.74, 6) is -0.212. The third-order valence-corrected chi connectivity index (χ3v) is 9.15. The number of hydrogen-bond donors (Lipinski definition) is 0. The summed E-state index contributed by atoms with van der Waals surface area (Å²) >= 11 is 0. The molecule has 0 fully saturated rings. The van der Waals surface area contributed by atoms with Crippen LogP contribution < -0.4 is 10.4 Å². The molecule has 0 amide bonds. The normalized spacial score (nSPS) is 19.5. The van der Waals surface area contributed by atoms with Gasteiger partial charge >= 0.3 is 5.97 Å². The largest absolute Gasteiger partial charge is 0.466 e. The Bertz CT molecular complexity index is 788. The van der Waals surface area contributed by atoms with Gasteiger partial charge in [0, 0.05) is 6.92 Å². The second kappa shape index (κ2) is 9.67. The van der Waals surface area contributed by atoms with Crippen LogP contribution in [0, 0.1) is 0 Å². The van der Waals surface area contributed by atoms with Crippen LogP contribution in [0.1, 0.15) is 33.1 Å². The molecule has 1 unspecified atom stereocenters. The minimum Gasteiger partial charge on any atom is -0.466 e. The summed E-state index contributed by atoms with van der Waals surface area (Å²) in [6.07, 6.45) is 9.58.